The number of guanidine groups is 1. The molecular formula is C16H21F3N6. The van der Waals surface area contributed by atoms with Gasteiger partial charge in [-0.15, -0.1) is 10.2 Å². The number of halogens is 3. The number of nitrogens with one attached hydrogen (secondary N) is 2. The first-order chi connectivity index (χ1) is 11.7. The maximum Gasteiger partial charge on any atom is 0.416 e. The van der Waals surface area contributed by atoms with Gasteiger partial charge in [-0.2, -0.15) is 13.2 Å². The van der Waals surface area contributed by atoms with Gasteiger partial charge in [-0.25, -0.2) is 0 Å². The van der Waals surface area contributed by atoms with Crippen molar-refractivity contribution >= 4 is 5.96 Å². The summed E-state index contributed by atoms with van der Waals surface area (Å²) in [5.74, 6) is 1.98. The minimum absolute atomic E-state index is 0.352. The summed E-state index contributed by atoms with van der Waals surface area (Å²) in [6.07, 6.45) is -4.36. The fraction of sp³-hybridized carbons (Fsp3) is 0.438. The molecule has 0 saturated carbocycles. The Balaban J connectivity index is 2.02. The molecule has 0 spiro atoms. The van der Waals surface area contributed by atoms with E-state index in [4.69, 9.17) is 0 Å². The summed E-state index contributed by atoms with van der Waals surface area (Å²) in [5, 5.41) is 14.2. The highest BCUT2D eigenvalue weighted by Gasteiger charge is 2.30. The minimum atomic E-state index is -4.36. The van der Waals surface area contributed by atoms with E-state index in [1.165, 1.54) is 6.07 Å². The van der Waals surface area contributed by atoms with Crippen molar-refractivity contribution in [3.8, 4) is 0 Å². The van der Waals surface area contributed by atoms with Gasteiger partial charge in [0.2, 0.25) is 0 Å². The second-order valence-electron chi connectivity index (χ2n) is 5.64. The van der Waals surface area contributed by atoms with Crippen LogP contribution < -0.4 is 10.6 Å². The van der Waals surface area contributed by atoms with Gasteiger partial charge in [0.15, 0.2) is 11.8 Å². The van der Waals surface area contributed by atoms with Gasteiger partial charge in [0.25, 0.3) is 0 Å². The lowest BCUT2D eigenvalue weighted by Crippen LogP contribution is -2.38. The maximum atomic E-state index is 12.8. The standard InChI is InChI=1S/C16H21F3N6/c1-10(12-6-5-7-13(8-12)16(17,18)19)22-15(20-3)21-9-14-24-23-11(2)25(14)4/h5-8,10H,9H2,1-4H3,(H2,20,21,22). The molecule has 6 nitrogen and oxygen atoms in total. The molecule has 9 heteroatoms. The molecule has 0 aliphatic rings. The van der Waals surface area contributed by atoms with E-state index in [-0.39, 0.29) is 6.04 Å². The summed E-state index contributed by atoms with van der Waals surface area (Å²) in [5.41, 5.74) is -0.150. The van der Waals surface area contributed by atoms with Crippen LogP contribution in [0.25, 0.3) is 0 Å². The first-order valence-electron chi connectivity index (χ1n) is 7.71. The number of nitrogens with zero attached hydrogens (tertiary/aromatic N) is 4. The monoisotopic (exact) mass is 354 g/mol. The van der Waals surface area contributed by atoms with Crippen molar-refractivity contribution in [2.45, 2.75) is 32.6 Å². The molecule has 0 bridgehead atoms. The van der Waals surface area contributed by atoms with Crippen LogP contribution in [0.4, 0.5) is 13.2 Å². The van der Waals surface area contributed by atoms with Gasteiger partial charge in [-0.1, -0.05) is 12.1 Å². The fourth-order valence-electron chi connectivity index (χ4n) is 2.24. The van der Waals surface area contributed by atoms with E-state index < -0.39 is 11.7 Å². The molecule has 25 heavy (non-hydrogen) atoms. The molecule has 1 aromatic heterocycles. The Morgan fingerprint density at radius 1 is 1.32 bits per heavy atom. The summed E-state index contributed by atoms with van der Waals surface area (Å²) in [6.45, 7) is 4.01. The van der Waals surface area contributed by atoms with Crippen LogP contribution in [0, 0.1) is 6.92 Å². The number of rotatable bonds is 4. The molecule has 0 radical (unpaired) electrons. The van der Waals surface area contributed by atoms with Crippen LogP contribution in [0.3, 0.4) is 0 Å². The zero-order valence-electron chi connectivity index (χ0n) is 14.5. The molecule has 1 atom stereocenters. The molecule has 136 valence electrons. The second-order valence-corrected chi connectivity index (χ2v) is 5.64. The van der Waals surface area contributed by atoms with Crippen molar-refractivity contribution < 1.29 is 13.2 Å². The second kappa shape index (κ2) is 7.54. The van der Waals surface area contributed by atoms with Gasteiger partial charge in [0.05, 0.1) is 18.2 Å². The maximum absolute atomic E-state index is 12.8. The molecule has 0 amide bonds. The number of hydrogen-bond donors (Lipinski definition) is 2. The molecule has 0 saturated heterocycles. The smallest absolute Gasteiger partial charge is 0.350 e. The highest BCUT2D eigenvalue weighted by Crippen LogP contribution is 2.30. The third-order valence-electron chi connectivity index (χ3n) is 3.89. The first-order valence-corrected chi connectivity index (χ1v) is 7.71. The number of aromatic nitrogens is 3. The number of aliphatic imine (C=N–C) groups is 1. The molecule has 2 aromatic rings. The third-order valence-corrected chi connectivity index (χ3v) is 3.89. The third kappa shape index (κ3) is 4.71. The molecule has 1 heterocycles. The van der Waals surface area contributed by atoms with Crippen LogP contribution in [0.2, 0.25) is 0 Å². The predicted molar refractivity (Wildman–Crippen MR) is 88.9 cm³/mol. The average molecular weight is 354 g/mol. The van der Waals surface area contributed by atoms with Gasteiger partial charge in [0, 0.05) is 14.1 Å². The Kier molecular flexibility index (Phi) is 5.66. The van der Waals surface area contributed by atoms with Crippen LogP contribution in [0.1, 0.15) is 35.7 Å². The molecule has 0 aliphatic heterocycles. The zero-order chi connectivity index (χ0) is 18.6. The lowest BCUT2D eigenvalue weighted by atomic mass is 10.1. The largest absolute Gasteiger partial charge is 0.416 e. The van der Waals surface area contributed by atoms with Crippen molar-refractivity contribution in [2.24, 2.45) is 12.0 Å². The van der Waals surface area contributed by atoms with Crippen LogP contribution in [-0.4, -0.2) is 27.8 Å². The number of hydrogen-bond acceptors (Lipinski definition) is 3. The van der Waals surface area contributed by atoms with Crippen LogP contribution in [-0.2, 0) is 19.8 Å². The summed E-state index contributed by atoms with van der Waals surface area (Å²) < 4.78 is 40.4. The molecule has 1 unspecified atom stereocenters. The predicted octanol–water partition coefficient (Wildman–Crippen LogP) is 2.57. The Labute approximate surface area is 144 Å². The van der Waals surface area contributed by atoms with Crippen molar-refractivity contribution in [1.29, 1.82) is 0 Å². The molecule has 0 fully saturated rings. The van der Waals surface area contributed by atoms with Crippen LogP contribution >= 0.6 is 0 Å². The summed E-state index contributed by atoms with van der Waals surface area (Å²) in [4.78, 5) is 4.09. The lowest BCUT2D eigenvalue weighted by molar-refractivity contribution is -0.137. The van der Waals surface area contributed by atoms with Crippen molar-refractivity contribution in [1.82, 2.24) is 25.4 Å². The summed E-state index contributed by atoms with van der Waals surface area (Å²) in [7, 11) is 3.45. The normalized spacial score (nSPS) is 13.6. The van der Waals surface area contributed by atoms with Gasteiger partial charge in [0.1, 0.15) is 5.82 Å². The molecule has 2 rings (SSSR count). The average Bonchev–Trinajstić information content (AvgIpc) is 2.89. The van der Waals surface area contributed by atoms with E-state index in [0.717, 1.165) is 23.8 Å². The zero-order valence-corrected chi connectivity index (χ0v) is 14.5. The molecule has 1 aromatic carbocycles. The highest BCUT2D eigenvalue weighted by atomic mass is 19.4. The van der Waals surface area contributed by atoms with E-state index >= 15 is 0 Å². The minimum Gasteiger partial charge on any atom is -0.350 e. The van der Waals surface area contributed by atoms with Crippen molar-refractivity contribution in [3.63, 3.8) is 0 Å². The SMILES string of the molecule is CN=C(NCc1nnc(C)n1C)NC(C)c1cccc(C(F)(F)F)c1. The lowest BCUT2D eigenvalue weighted by Gasteiger charge is -2.19. The fourth-order valence-corrected chi connectivity index (χ4v) is 2.24. The molecular weight excluding hydrogens is 333 g/mol. The quantitative estimate of drug-likeness (QED) is 0.654. The topological polar surface area (TPSA) is 67.1 Å². The van der Waals surface area contributed by atoms with Gasteiger partial charge in [-0.3, -0.25) is 4.99 Å². The van der Waals surface area contributed by atoms with Gasteiger partial charge in [-0.05, 0) is 31.5 Å². The summed E-state index contributed by atoms with van der Waals surface area (Å²) in [6, 6.07) is 4.88. The summed E-state index contributed by atoms with van der Waals surface area (Å²) >= 11 is 0. The van der Waals surface area contributed by atoms with Gasteiger partial charge < -0.3 is 15.2 Å². The van der Waals surface area contributed by atoms with E-state index in [0.29, 0.717) is 18.1 Å². The Bertz CT molecular complexity index is 751. The Morgan fingerprint density at radius 2 is 2.04 bits per heavy atom. The van der Waals surface area contributed by atoms with Gasteiger partial charge >= 0.3 is 6.18 Å². The highest BCUT2D eigenvalue weighted by molar-refractivity contribution is 5.80. The molecule has 2 N–H and O–H groups in total. The van der Waals surface area contributed by atoms with E-state index in [2.05, 4.69) is 25.8 Å². The number of alkyl halides is 3. The van der Waals surface area contributed by atoms with E-state index in [1.54, 1.807) is 20.0 Å². The van der Waals surface area contributed by atoms with E-state index in [1.807, 2.05) is 18.5 Å². The Morgan fingerprint density at radius 3 is 2.60 bits per heavy atom. The van der Waals surface area contributed by atoms with Crippen molar-refractivity contribution in [3.05, 3.63) is 47.0 Å². The van der Waals surface area contributed by atoms with E-state index in [9.17, 15) is 13.2 Å². The Hall–Kier alpha value is -2.58. The first kappa shape index (κ1) is 18.8. The van der Waals surface area contributed by atoms with Crippen LogP contribution in [0.15, 0.2) is 29.3 Å². The number of aryl methyl sites for hydroxylation is 1. The number of benzene rings is 1. The molecule has 0 aliphatic carbocycles. The van der Waals surface area contributed by atoms with Crippen LogP contribution in [0.5, 0.6) is 0 Å². The van der Waals surface area contributed by atoms with Crippen molar-refractivity contribution in [2.75, 3.05) is 7.05 Å².